The highest BCUT2D eigenvalue weighted by Gasteiger charge is 2.35. The summed E-state index contributed by atoms with van der Waals surface area (Å²) >= 11 is 1.14. The Hall–Kier alpha value is -3.43. The molecule has 186 valence electrons. The summed E-state index contributed by atoms with van der Waals surface area (Å²) in [6, 6.07) is 15.9. The molecule has 1 N–H and O–H groups in total. The summed E-state index contributed by atoms with van der Waals surface area (Å²) < 4.78 is 19.0. The monoisotopic (exact) mass is 506 g/mol. The number of hydrogen-bond acceptors (Lipinski definition) is 6. The molecule has 36 heavy (non-hydrogen) atoms. The lowest BCUT2D eigenvalue weighted by Gasteiger charge is -2.38. The quantitative estimate of drug-likeness (QED) is 0.423. The Kier molecular flexibility index (Phi) is 6.68. The molecule has 0 bridgehead atoms. The molecule has 1 unspecified atom stereocenters. The van der Waals surface area contributed by atoms with Crippen molar-refractivity contribution < 1.29 is 14.3 Å². The van der Waals surface area contributed by atoms with Crippen molar-refractivity contribution in [3.05, 3.63) is 82.7 Å². The summed E-state index contributed by atoms with van der Waals surface area (Å²) in [5, 5.41) is 11.2. The standard InChI is InChI=1S/C27H27FN4O3S/c1-18(19-5-3-2-4-6-19)15-22(33)31-13-11-27(35,12-14-31)16-32-17-29-23-24(26(32)34)30-36-25(23)20-7-9-21(28)10-8-20/h2-10,17-18,35H,11-16H2,1H3. The first-order chi connectivity index (χ1) is 17.3. The number of carbonyl (C=O) groups excluding carboxylic acids is 1. The molecule has 0 spiro atoms. The Morgan fingerprint density at radius 2 is 1.81 bits per heavy atom. The van der Waals surface area contributed by atoms with Crippen molar-refractivity contribution in [1.82, 2.24) is 18.8 Å². The van der Waals surface area contributed by atoms with Crippen LogP contribution in [0.3, 0.4) is 0 Å². The number of aromatic nitrogens is 3. The van der Waals surface area contributed by atoms with Gasteiger partial charge in [-0.15, -0.1) is 0 Å². The topological polar surface area (TPSA) is 88.3 Å². The van der Waals surface area contributed by atoms with E-state index in [0.717, 1.165) is 22.7 Å². The fraction of sp³-hybridized carbons (Fsp3) is 0.333. The second-order valence-electron chi connectivity index (χ2n) is 9.51. The second-order valence-corrected chi connectivity index (χ2v) is 10.3. The number of rotatable bonds is 6. The predicted octanol–water partition coefficient (Wildman–Crippen LogP) is 4.21. The van der Waals surface area contributed by atoms with Crippen LogP contribution in [-0.4, -0.2) is 48.5 Å². The van der Waals surface area contributed by atoms with E-state index in [0.29, 0.717) is 42.7 Å². The van der Waals surface area contributed by atoms with Gasteiger partial charge < -0.3 is 10.0 Å². The van der Waals surface area contributed by atoms with Crippen LogP contribution in [0.1, 0.15) is 37.7 Å². The summed E-state index contributed by atoms with van der Waals surface area (Å²) in [7, 11) is 0. The van der Waals surface area contributed by atoms with E-state index >= 15 is 0 Å². The lowest BCUT2D eigenvalue weighted by Crippen LogP contribution is -2.49. The number of halogens is 1. The number of aliphatic hydroxyl groups is 1. The van der Waals surface area contributed by atoms with Gasteiger partial charge in [0.15, 0.2) is 5.52 Å². The Balaban J connectivity index is 1.25. The minimum atomic E-state index is -1.11. The van der Waals surface area contributed by atoms with Crippen molar-refractivity contribution in [3.8, 4) is 10.4 Å². The molecule has 1 saturated heterocycles. The first-order valence-corrected chi connectivity index (χ1v) is 12.8. The highest BCUT2D eigenvalue weighted by molar-refractivity contribution is 7.11. The van der Waals surface area contributed by atoms with E-state index in [1.54, 1.807) is 17.0 Å². The molecule has 1 amide bonds. The van der Waals surface area contributed by atoms with Gasteiger partial charge in [0, 0.05) is 19.5 Å². The minimum Gasteiger partial charge on any atom is -0.388 e. The number of fused-ring (bicyclic) bond motifs is 1. The van der Waals surface area contributed by atoms with Crippen molar-refractivity contribution in [3.63, 3.8) is 0 Å². The van der Waals surface area contributed by atoms with Crippen molar-refractivity contribution in [2.45, 2.75) is 44.2 Å². The zero-order chi connectivity index (χ0) is 25.3. The van der Waals surface area contributed by atoms with Gasteiger partial charge in [-0.05, 0) is 53.6 Å². The van der Waals surface area contributed by atoms with Crippen molar-refractivity contribution in [2.24, 2.45) is 0 Å². The molecule has 1 fully saturated rings. The van der Waals surface area contributed by atoms with E-state index in [1.165, 1.54) is 23.0 Å². The van der Waals surface area contributed by atoms with Crippen LogP contribution in [0.5, 0.6) is 0 Å². The van der Waals surface area contributed by atoms with Crippen LogP contribution >= 0.6 is 11.5 Å². The van der Waals surface area contributed by atoms with Crippen LogP contribution in [0, 0.1) is 5.82 Å². The third-order valence-corrected chi connectivity index (χ3v) is 7.81. The van der Waals surface area contributed by atoms with Crippen LogP contribution in [0.25, 0.3) is 21.5 Å². The second kappa shape index (κ2) is 9.91. The molecule has 9 heteroatoms. The number of likely N-dealkylation sites (tertiary alicyclic amines) is 1. The molecule has 1 aliphatic heterocycles. The van der Waals surface area contributed by atoms with Crippen molar-refractivity contribution >= 4 is 28.5 Å². The van der Waals surface area contributed by atoms with E-state index in [9.17, 15) is 19.1 Å². The highest BCUT2D eigenvalue weighted by Crippen LogP contribution is 2.31. The van der Waals surface area contributed by atoms with Crippen molar-refractivity contribution in [1.29, 1.82) is 0 Å². The summed E-state index contributed by atoms with van der Waals surface area (Å²) in [4.78, 5) is 32.9. The van der Waals surface area contributed by atoms with E-state index in [2.05, 4.69) is 9.36 Å². The molecule has 3 heterocycles. The molecule has 0 aliphatic carbocycles. The smallest absolute Gasteiger partial charge is 0.281 e. The predicted molar refractivity (Wildman–Crippen MR) is 137 cm³/mol. The van der Waals surface area contributed by atoms with Gasteiger partial charge in [0.1, 0.15) is 11.3 Å². The van der Waals surface area contributed by atoms with Gasteiger partial charge >= 0.3 is 0 Å². The number of piperidine rings is 1. The van der Waals surface area contributed by atoms with Crippen LogP contribution in [-0.2, 0) is 11.3 Å². The SMILES string of the molecule is CC(CC(=O)N1CCC(O)(Cn2cnc3c(-c4ccc(F)cc4)snc3c2=O)CC1)c1ccccc1. The molecule has 5 rings (SSSR count). The summed E-state index contributed by atoms with van der Waals surface area (Å²) in [6.07, 6.45) is 2.60. The summed E-state index contributed by atoms with van der Waals surface area (Å²) in [6.45, 7) is 3.00. The Labute approximate surface area is 212 Å². The first kappa shape index (κ1) is 24.3. The van der Waals surface area contributed by atoms with Gasteiger partial charge in [-0.25, -0.2) is 9.37 Å². The number of nitrogens with zero attached hydrogens (tertiary/aromatic N) is 4. The van der Waals surface area contributed by atoms with Gasteiger partial charge in [-0.1, -0.05) is 49.4 Å². The van der Waals surface area contributed by atoms with Crippen LogP contribution < -0.4 is 5.56 Å². The lowest BCUT2D eigenvalue weighted by atomic mass is 9.90. The fourth-order valence-electron chi connectivity index (χ4n) is 4.70. The zero-order valence-corrected chi connectivity index (χ0v) is 20.7. The van der Waals surface area contributed by atoms with Gasteiger partial charge in [0.25, 0.3) is 5.56 Å². The average Bonchev–Trinajstić information content (AvgIpc) is 3.32. The van der Waals surface area contributed by atoms with E-state index < -0.39 is 5.60 Å². The van der Waals surface area contributed by atoms with Gasteiger partial charge in [-0.2, -0.15) is 4.37 Å². The van der Waals surface area contributed by atoms with Crippen molar-refractivity contribution in [2.75, 3.05) is 13.1 Å². The van der Waals surface area contributed by atoms with E-state index in [1.807, 2.05) is 37.3 Å². The van der Waals surface area contributed by atoms with E-state index in [4.69, 9.17) is 0 Å². The number of carbonyl (C=O) groups is 1. The molecular formula is C27H27FN4O3S. The summed E-state index contributed by atoms with van der Waals surface area (Å²) in [5.74, 6) is -0.146. The molecule has 1 atom stereocenters. The lowest BCUT2D eigenvalue weighted by molar-refractivity contribution is -0.136. The number of hydrogen-bond donors (Lipinski definition) is 1. The highest BCUT2D eigenvalue weighted by atomic mass is 32.1. The molecule has 1 aliphatic rings. The first-order valence-electron chi connectivity index (χ1n) is 12.0. The van der Waals surface area contributed by atoms with Crippen LogP contribution in [0.4, 0.5) is 4.39 Å². The Morgan fingerprint density at radius 3 is 2.50 bits per heavy atom. The average molecular weight is 507 g/mol. The molecule has 2 aromatic heterocycles. The molecule has 0 saturated carbocycles. The van der Waals surface area contributed by atoms with Crippen LogP contribution in [0.15, 0.2) is 65.7 Å². The maximum Gasteiger partial charge on any atom is 0.281 e. The van der Waals surface area contributed by atoms with Gasteiger partial charge in [0.2, 0.25) is 5.91 Å². The van der Waals surface area contributed by atoms with E-state index in [-0.39, 0.29) is 35.3 Å². The molecule has 0 radical (unpaired) electrons. The van der Waals surface area contributed by atoms with Gasteiger partial charge in [0.05, 0.1) is 23.4 Å². The third kappa shape index (κ3) is 4.94. The van der Waals surface area contributed by atoms with Gasteiger partial charge in [-0.3, -0.25) is 14.2 Å². The number of benzene rings is 2. The number of amides is 1. The maximum absolute atomic E-state index is 13.3. The molecule has 7 nitrogen and oxygen atoms in total. The Bertz CT molecular complexity index is 1430. The molecule has 4 aromatic rings. The normalized spacial score (nSPS) is 16.2. The summed E-state index contributed by atoms with van der Waals surface area (Å²) in [5.41, 5.74) is 1.13. The largest absolute Gasteiger partial charge is 0.388 e. The molecule has 2 aromatic carbocycles. The maximum atomic E-state index is 13.3. The zero-order valence-electron chi connectivity index (χ0n) is 19.9. The fourth-order valence-corrected chi connectivity index (χ4v) is 5.53. The Morgan fingerprint density at radius 1 is 1.11 bits per heavy atom. The molecular weight excluding hydrogens is 479 g/mol. The van der Waals surface area contributed by atoms with Crippen LogP contribution in [0.2, 0.25) is 0 Å². The minimum absolute atomic E-state index is 0.0736. The third-order valence-electron chi connectivity index (χ3n) is 6.92.